The van der Waals surface area contributed by atoms with Crippen LogP contribution in [0.2, 0.25) is 0 Å². The fourth-order valence-corrected chi connectivity index (χ4v) is 7.78. The Morgan fingerprint density at radius 1 is 1.06 bits per heavy atom. The minimum Gasteiger partial charge on any atom is -0.339 e. The smallest absolute Gasteiger partial charge is 0.339 e. The van der Waals surface area contributed by atoms with Crippen molar-refractivity contribution >= 4 is 5.91 Å². The lowest BCUT2D eigenvalue weighted by Crippen LogP contribution is -2.46. The SMILES string of the molecule is CC(CC1NNCN1C)C1CC(C2CCC2)CC(N2CC3C(CCCC3C(F)(F)F)C2=O)C1. The Kier molecular flexibility index (Phi) is 6.73. The minimum atomic E-state index is -4.19. The molecule has 8 heteroatoms. The molecule has 5 aliphatic rings. The number of carbonyl (C=O) groups excluding carboxylic acids is 1. The first kappa shape index (κ1) is 23.9. The summed E-state index contributed by atoms with van der Waals surface area (Å²) in [5.74, 6) is 0.187. The van der Waals surface area contributed by atoms with Crippen LogP contribution in [0.1, 0.15) is 71.1 Å². The van der Waals surface area contributed by atoms with Gasteiger partial charge in [0.25, 0.3) is 0 Å². The van der Waals surface area contributed by atoms with Gasteiger partial charge in [-0.15, -0.1) is 0 Å². The van der Waals surface area contributed by atoms with Gasteiger partial charge in [-0.05, 0) is 75.2 Å². The minimum absolute atomic E-state index is 0.0287. The molecule has 0 bridgehead atoms. The molecule has 0 aromatic rings. The molecule has 2 saturated heterocycles. The van der Waals surface area contributed by atoms with Gasteiger partial charge in [0.1, 0.15) is 0 Å². The summed E-state index contributed by atoms with van der Waals surface area (Å²) in [5, 5.41) is 0. The Balaban J connectivity index is 1.31. The van der Waals surface area contributed by atoms with Gasteiger partial charge in [0.15, 0.2) is 0 Å². The maximum absolute atomic E-state index is 13.7. The van der Waals surface area contributed by atoms with Crippen molar-refractivity contribution in [1.29, 1.82) is 0 Å². The largest absolute Gasteiger partial charge is 0.392 e. The van der Waals surface area contributed by atoms with Crippen molar-refractivity contribution in [3.8, 4) is 0 Å². The van der Waals surface area contributed by atoms with Crippen LogP contribution in [0.3, 0.4) is 0 Å². The van der Waals surface area contributed by atoms with Crippen LogP contribution in [0.15, 0.2) is 0 Å². The standard InChI is InChI=1S/C25H41F3N4O/c1-15(9-23-30-29-14-31(23)2)17-10-18(16-5-3-6-16)12-19(11-17)32-13-21-20(24(32)33)7-4-8-22(21)25(26,27)28/h15-23,29-30H,3-14H2,1-2H3. The van der Waals surface area contributed by atoms with Crippen molar-refractivity contribution in [3.63, 3.8) is 0 Å². The number of likely N-dealkylation sites (tertiary alicyclic amines) is 1. The van der Waals surface area contributed by atoms with Gasteiger partial charge in [-0.1, -0.05) is 32.6 Å². The van der Waals surface area contributed by atoms with Gasteiger partial charge in [0.05, 0.1) is 18.8 Å². The summed E-state index contributed by atoms with van der Waals surface area (Å²) in [6, 6.07) is 0.121. The molecule has 2 aliphatic heterocycles. The topological polar surface area (TPSA) is 47.6 Å². The average Bonchev–Trinajstić information content (AvgIpc) is 3.28. The number of carbonyl (C=O) groups is 1. The van der Waals surface area contributed by atoms with Crippen LogP contribution >= 0.6 is 0 Å². The van der Waals surface area contributed by atoms with Crippen molar-refractivity contribution in [3.05, 3.63) is 0 Å². The highest BCUT2D eigenvalue weighted by Gasteiger charge is 2.56. The summed E-state index contributed by atoms with van der Waals surface area (Å²) >= 11 is 0. The molecule has 5 nitrogen and oxygen atoms in total. The number of hydrogen-bond acceptors (Lipinski definition) is 4. The predicted molar refractivity (Wildman–Crippen MR) is 121 cm³/mol. The molecule has 33 heavy (non-hydrogen) atoms. The fraction of sp³-hybridized carbons (Fsp3) is 0.960. The second-order valence-corrected chi connectivity index (χ2v) is 11.9. The Bertz CT molecular complexity index is 714. The average molecular weight is 471 g/mol. The van der Waals surface area contributed by atoms with Crippen LogP contribution in [-0.4, -0.2) is 54.4 Å². The molecule has 0 aromatic carbocycles. The second kappa shape index (κ2) is 9.30. The lowest BCUT2D eigenvalue weighted by molar-refractivity contribution is -0.198. The monoisotopic (exact) mass is 470 g/mol. The first-order valence-electron chi connectivity index (χ1n) is 13.3. The summed E-state index contributed by atoms with van der Waals surface area (Å²) in [4.78, 5) is 17.6. The van der Waals surface area contributed by atoms with Gasteiger partial charge < -0.3 is 4.90 Å². The van der Waals surface area contributed by atoms with E-state index >= 15 is 0 Å². The summed E-state index contributed by atoms with van der Waals surface area (Å²) < 4.78 is 41.2. The Hall–Kier alpha value is -0.860. The van der Waals surface area contributed by atoms with E-state index in [2.05, 4.69) is 29.7 Å². The van der Waals surface area contributed by atoms with Crippen LogP contribution < -0.4 is 10.9 Å². The molecule has 5 fully saturated rings. The van der Waals surface area contributed by atoms with Gasteiger partial charge in [-0.3, -0.25) is 9.69 Å². The molecule has 2 heterocycles. The van der Waals surface area contributed by atoms with E-state index in [0.717, 1.165) is 31.8 Å². The summed E-state index contributed by atoms with van der Waals surface area (Å²) in [7, 11) is 2.12. The van der Waals surface area contributed by atoms with Crippen molar-refractivity contribution in [2.24, 2.45) is 41.4 Å². The summed E-state index contributed by atoms with van der Waals surface area (Å²) in [6.07, 6.45) is 5.56. The molecule has 188 valence electrons. The third-order valence-corrected chi connectivity index (χ3v) is 10.0. The molecule has 8 atom stereocenters. The van der Waals surface area contributed by atoms with Gasteiger partial charge in [0.2, 0.25) is 5.91 Å². The van der Waals surface area contributed by atoms with E-state index in [9.17, 15) is 18.0 Å². The molecule has 2 N–H and O–H groups in total. The molecular weight excluding hydrogens is 429 g/mol. The molecule has 1 amide bonds. The zero-order chi connectivity index (χ0) is 23.3. The van der Waals surface area contributed by atoms with Gasteiger partial charge in [-0.2, -0.15) is 13.2 Å². The summed E-state index contributed by atoms with van der Waals surface area (Å²) in [5.41, 5.74) is 6.57. The first-order valence-corrected chi connectivity index (χ1v) is 13.3. The molecule has 8 unspecified atom stereocenters. The quantitative estimate of drug-likeness (QED) is 0.627. The van der Waals surface area contributed by atoms with E-state index in [-0.39, 0.29) is 18.4 Å². The van der Waals surface area contributed by atoms with Gasteiger partial charge >= 0.3 is 6.18 Å². The molecule has 3 saturated carbocycles. The highest BCUT2D eigenvalue weighted by Crippen LogP contribution is 2.51. The lowest BCUT2D eigenvalue weighted by Gasteiger charge is -2.46. The van der Waals surface area contributed by atoms with E-state index in [1.807, 2.05) is 4.90 Å². The molecule has 3 aliphatic carbocycles. The number of rotatable bonds is 5. The highest BCUT2D eigenvalue weighted by molar-refractivity contribution is 5.82. The molecule has 5 rings (SSSR count). The van der Waals surface area contributed by atoms with E-state index in [0.29, 0.717) is 43.3 Å². The van der Waals surface area contributed by atoms with Crippen molar-refractivity contribution < 1.29 is 18.0 Å². The normalized spacial score (nSPS) is 41.8. The number of nitrogens with zero attached hydrogens (tertiary/aromatic N) is 2. The van der Waals surface area contributed by atoms with Crippen LogP contribution in [0, 0.1) is 41.4 Å². The predicted octanol–water partition coefficient (Wildman–Crippen LogP) is 4.36. The van der Waals surface area contributed by atoms with E-state index in [4.69, 9.17) is 0 Å². The zero-order valence-corrected chi connectivity index (χ0v) is 20.1. The van der Waals surface area contributed by atoms with E-state index < -0.39 is 23.9 Å². The van der Waals surface area contributed by atoms with Crippen LogP contribution in [0.5, 0.6) is 0 Å². The summed E-state index contributed by atoms with van der Waals surface area (Å²) in [6.45, 7) is 3.50. The van der Waals surface area contributed by atoms with Gasteiger partial charge in [-0.25, -0.2) is 10.9 Å². The number of amides is 1. The van der Waals surface area contributed by atoms with E-state index in [1.165, 1.54) is 25.7 Å². The molecule has 0 radical (unpaired) electrons. The maximum Gasteiger partial charge on any atom is 0.392 e. The number of hydrazine groups is 1. The zero-order valence-electron chi connectivity index (χ0n) is 20.1. The van der Waals surface area contributed by atoms with Crippen molar-refractivity contribution in [2.45, 2.75) is 89.5 Å². The Labute approximate surface area is 196 Å². The number of hydrogen-bond donors (Lipinski definition) is 2. The van der Waals surface area contributed by atoms with Gasteiger partial charge in [0, 0.05) is 18.5 Å². The van der Waals surface area contributed by atoms with Crippen LogP contribution in [0.4, 0.5) is 13.2 Å². The number of halogens is 3. The Morgan fingerprint density at radius 3 is 2.45 bits per heavy atom. The third kappa shape index (κ3) is 4.68. The van der Waals surface area contributed by atoms with E-state index in [1.54, 1.807) is 0 Å². The second-order valence-electron chi connectivity index (χ2n) is 11.9. The Morgan fingerprint density at radius 2 is 1.82 bits per heavy atom. The number of nitrogens with one attached hydrogen (secondary N) is 2. The number of fused-ring (bicyclic) bond motifs is 1. The van der Waals surface area contributed by atoms with Crippen molar-refractivity contribution in [2.75, 3.05) is 20.3 Å². The van der Waals surface area contributed by atoms with Crippen LogP contribution in [-0.2, 0) is 4.79 Å². The maximum atomic E-state index is 13.7. The molecular formula is C25H41F3N4O. The number of alkyl halides is 3. The van der Waals surface area contributed by atoms with Crippen molar-refractivity contribution in [1.82, 2.24) is 20.7 Å². The lowest BCUT2D eigenvalue weighted by atomic mass is 9.64. The fourth-order valence-electron chi connectivity index (χ4n) is 7.78. The third-order valence-electron chi connectivity index (χ3n) is 10.0. The molecule has 0 spiro atoms. The highest BCUT2D eigenvalue weighted by atomic mass is 19.4. The first-order chi connectivity index (χ1) is 15.7. The molecule has 0 aromatic heterocycles. The van der Waals surface area contributed by atoms with Crippen LogP contribution in [0.25, 0.3) is 0 Å².